The number of nitrogens with one attached hydrogen (secondary N) is 1. The lowest BCUT2D eigenvalue weighted by Crippen LogP contribution is -2.23. The minimum absolute atomic E-state index is 0.210. The molecule has 2 aromatic rings. The van der Waals surface area contributed by atoms with E-state index >= 15 is 0 Å². The van der Waals surface area contributed by atoms with Crippen LogP contribution in [0.3, 0.4) is 0 Å². The minimum Gasteiger partial charge on any atom is -0.491 e. The molecule has 1 unspecified atom stereocenters. The van der Waals surface area contributed by atoms with E-state index in [1.807, 2.05) is 29.9 Å². The number of rotatable bonds is 7. The second kappa shape index (κ2) is 6.26. The van der Waals surface area contributed by atoms with Gasteiger partial charge in [-0.1, -0.05) is 0 Å². The first-order valence-corrected chi connectivity index (χ1v) is 6.21. The summed E-state index contributed by atoms with van der Waals surface area (Å²) in [6.07, 6.45) is 5.33. The Hall–Kier alpha value is -1.75. The fraction of sp³-hybridized carbons (Fsp3) is 0.462. The molecule has 0 aliphatic rings. The Labute approximate surface area is 107 Å². The van der Waals surface area contributed by atoms with Crippen molar-refractivity contribution < 1.29 is 9.15 Å². The van der Waals surface area contributed by atoms with Crippen molar-refractivity contribution in [2.24, 2.45) is 0 Å². The lowest BCUT2D eigenvalue weighted by molar-refractivity contribution is 0.339. The van der Waals surface area contributed by atoms with Gasteiger partial charge in [0.05, 0.1) is 37.9 Å². The van der Waals surface area contributed by atoms with E-state index in [0.29, 0.717) is 6.61 Å². The van der Waals surface area contributed by atoms with Gasteiger partial charge in [0.2, 0.25) is 0 Å². The van der Waals surface area contributed by atoms with E-state index < -0.39 is 0 Å². The highest BCUT2D eigenvalue weighted by atomic mass is 16.5. The molecule has 0 aliphatic carbocycles. The monoisotopic (exact) mass is 249 g/mol. The van der Waals surface area contributed by atoms with Gasteiger partial charge in [0.25, 0.3) is 0 Å². The molecule has 0 radical (unpaired) electrons. The number of nitrogens with zero attached hydrogens (tertiary/aromatic N) is 2. The van der Waals surface area contributed by atoms with Gasteiger partial charge < -0.3 is 14.5 Å². The molecule has 1 N–H and O–H groups in total. The van der Waals surface area contributed by atoms with E-state index in [1.54, 1.807) is 12.5 Å². The van der Waals surface area contributed by atoms with Gasteiger partial charge in [-0.2, -0.15) is 5.10 Å². The number of hydrogen-bond donors (Lipinski definition) is 1. The fourth-order valence-corrected chi connectivity index (χ4v) is 1.74. The highest BCUT2D eigenvalue weighted by molar-refractivity contribution is 5.11. The summed E-state index contributed by atoms with van der Waals surface area (Å²) in [5.41, 5.74) is 0. The van der Waals surface area contributed by atoms with Crippen LogP contribution in [-0.2, 0) is 6.54 Å². The van der Waals surface area contributed by atoms with Crippen LogP contribution in [0, 0.1) is 0 Å². The predicted octanol–water partition coefficient (Wildman–Crippen LogP) is 2.23. The summed E-state index contributed by atoms with van der Waals surface area (Å²) in [4.78, 5) is 0. The van der Waals surface area contributed by atoms with Crippen molar-refractivity contribution >= 4 is 0 Å². The summed E-state index contributed by atoms with van der Waals surface area (Å²) in [6.45, 7) is 6.34. The summed E-state index contributed by atoms with van der Waals surface area (Å²) in [6, 6.07) is 4.08. The van der Waals surface area contributed by atoms with Crippen molar-refractivity contribution in [1.82, 2.24) is 15.1 Å². The van der Waals surface area contributed by atoms with Crippen molar-refractivity contribution in [2.75, 3.05) is 13.2 Å². The second-order valence-electron chi connectivity index (χ2n) is 4.06. The Balaban J connectivity index is 1.74. The first-order valence-electron chi connectivity index (χ1n) is 6.21. The molecule has 98 valence electrons. The molecule has 0 saturated heterocycles. The van der Waals surface area contributed by atoms with E-state index in [-0.39, 0.29) is 6.04 Å². The zero-order valence-corrected chi connectivity index (χ0v) is 10.8. The van der Waals surface area contributed by atoms with Crippen molar-refractivity contribution in [3.05, 3.63) is 36.5 Å². The average molecular weight is 249 g/mol. The summed E-state index contributed by atoms with van der Waals surface area (Å²) in [5.74, 6) is 1.77. The molecule has 0 amide bonds. The summed E-state index contributed by atoms with van der Waals surface area (Å²) in [5, 5.41) is 7.60. The maximum Gasteiger partial charge on any atom is 0.157 e. The highest BCUT2D eigenvalue weighted by Gasteiger charge is 2.06. The Morgan fingerprint density at radius 2 is 2.44 bits per heavy atom. The molecule has 2 rings (SSSR count). The summed E-state index contributed by atoms with van der Waals surface area (Å²) in [7, 11) is 0. The summed E-state index contributed by atoms with van der Waals surface area (Å²) >= 11 is 0. The van der Waals surface area contributed by atoms with Crippen LogP contribution in [-0.4, -0.2) is 22.9 Å². The van der Waals surface area contributed by atoms with E-state index in [2.05, 4.69) is 17.3 Å². The van der Waals surface area contributed by atoms with E-state index in [4.69, 9.17) is 9.15 Å². The van der Waals surface area contributed by atoms with E-state index in [1.165, 1.54) is 0 Å². The lowest BCUT2D eigenvalue weighted by Gasteiger charge is -2.10. The molecule has 1 atom stereocenters. The second-order valence-corrected chi connectivity index (χ2v) is 4.06. The van der Waals surface area contributed by atoms with Gasteiger partial charge in [-0.15, -0.1) is 0 Å². The van der Waals surface area contributed by atoms with Gasteiger partial charge in [-0.05, 0) is 26.0 Å². The topological polar surface area (TPSA) is 52.2 Å². The molecular formula is C13H19N3O2. The maximum atomic E-state index is 5.35. The van der Waals surface area contributed by atoms with Crippen LogP contribution < -0.4 is 10.1 Å². The van der Waals surface area contributed by atoms with Crippen LogP contribution in [0.4, 0.5) is 0 Å². The van der Waals surface area contributed by atoms with Gasteiger partial charge in [0, 0.05) is 6.54 Å². The van der Waals surface area contributed by atoms with Crippen LogP contribution in [0.5, 0.6) is 5.75 Å². The molecule has 2 aromatic heterocycles. The third kappa shape index (κ3) is 3.37. The third-order valence-electron chi connectivity index (χ3n) is 2.68. The molecule has 0 saturated carbocycles. The van der Waals surface area contributed by atoms with Gasteiger partial charge in [-0.25, -0.2) is 0 Å². The normalized spacial score (nSPS) is 12.6. The molecule has 2 heterocycles. The number of hydrogen-bond acceptors (Lipinski definition) is 4. The van der Waals surface area contributed by atoms with Gasteiger partial charge in [0.1, 0.15) is 5.76 Å². The molecular weight excluding hydrogens is 230 g/mol. The summed E-state index contributed by atoms with van der Waals surface area (Å²) < 4.78 is 12.6. The first kappa shape index (κ1) is 12.7. The third-order valence-corrected chi connectivity index (χ3v) is 2.68. The highest BCUT2D eigenvalue weighted by Crippen LogP contribution is 2.12. The first-order chi connectivity index (χ1) is 8.79. The van der Waals surface area contributed by atoms with E-state index in [9.17, 15) is 0 Å². The molecule has 5 heteroatoms. The number of furan rings is 1. The van der Waals surface area contributed by atoms with Crippen LogP contribution in [0.15, 0.2) is 35.2 Å². The largest absolute Gasteiger partial charge is 0.491 e. The van der Waals surface area contributed by atoms with Crippen molar-refractivity contribution in [3.63, 3.8) is 0 Å². The zero-order chi connectivity index (χ0) is 12.8. The van der Waals surface area contributed by atoms with Crippen LogP contribution in [0.1, 0.15) is 25.6 Å². The Bertz CT molecular complexity index is 451. The van der Waals surface area contributed by atoms with Crippen molar-refractivity contribution in [3.8, 4) is 5.75 Å². The number of ether oxygens (including phenoxy) is 1. The predicted molar refractivity (Wildman–Crippen MR) is 68.5 cm³/mol. The molecule has 0 spiro atoms. The van der Waals surface area contributed by atoms with Gasteiger partial charge >= 0.3 is 0 Å². The van der Waals surface area contributed by atoms with E-state index in [0.717, 1.165) is 24.6 Å². The minimum atomic E-state index is 0.210. The lowest BCUT2D eigenvalue weighted by atomic mass is 10.2. The fourth-order valence-electron chi connectivity index (χ4n) is 1.74. The quantitative estimate of drug-likeness (QED) is 0.817. The zero-order valence-electron chi connectivity index (χ0n) is 10.8. The Kier molecular flexibility index (Phi) is 4.41. The maximum absolute atomic E-state index is 5.35. The number of aromatic nitrogens is 2. The van der Waals surface area contributed by atoms with Crippen LogP contribution in [0.2, 0.25) is 0 Å². The molecule has 5 nitrogen and oxygen atoms in total. The van der Waals surface area contributed by atoms with Crippen molar-refractivity contribution in [2.45, 2.75) is 26.4 Å². The Morgan fingerprint density at radius 1 is 1.56 bits per heavy atom. The van der Waals surface area contributed by atoms with Gasteiger partial charge in [-0.3, -0.25) is 4.68 Å². The SMILES string of the molecule is CCOc1cnn(CCNC(C)c2ccco2)c1. The Morgan fingerprint density at radius 3 is 3.17 bits per heavy atom. The molecule has 0 aliphatic heterocycles. The molecule has 0 aromatic carbocycles. The average Bonchev–Trinajstić information content (AvgIpc) is 3.00. The molecule has 0 fully saturated rings. The van der Waals surface area contributed by atoms with Crippen LogP contribution in [0.25, 0.3) is 0 Å². The molecule has 18 heavy (non-hydrogen) atoms. The van der Waals surface area contributed by atoms with Gasteiger partial charge in [0.15, 0.2) is 5.75 Å². The van der Waals surface area contributed by atoms with Crippen LogP contribution >= 0.6 is 0 Å². The smallest absolute Gasteiger partial charge is 0.157 e. The standard InChI is InChI=1S/C13H19N3O2/c1-3-17-12-9-15-16(10-12)7-6-14-11(2)13-5-4-8-18-13/h4-5,8-11,14H,3,6-7H2,1-2H3. The van der Waals surface area contributed by atoms with Crippen molar-refractivity contribution in [1.29, 1.82) is 0 Å². The molecule has 0 bridgehead atoms.